The van der Waals surface area contributed by atoms with Gasteiger partial charge < -0.3 is 10.6 Å². The zero-order chi connectivity index (χ0) is 11.7. The number of anilines is 1. The summed E-state index contributed by atoms with van der Waals surface area (Å²) in [5, 5.41) is 7.50. The van der Waals surface area contributed by atoms with E-state index in [1.165, 1.54) is 25.7 Å². The van der Waals surface area contributed by atoms with Crippen molar-refractivity contribution in [2.45, 2.75) is 31.7 Å². The number of hydrogen-bond acceptors (Lipinski definition) is 1. The maximum Gasteiger partial charge on any atom is 0.171 e. The van der Waals surface area contributed by atoms with Crippen LogP contribution in [0.3, 0.4) is 0 Å². The van der Waals surface area contributed by atoms with E-state index in [1.54, 1.807) is 0 Å². The van der Waals surface area contributed by atoms with Gasteiger partial charge in [0.05, 0.1) is 0 Å². The molecule has 2 bridgehead atoms. The Kier molecular flexibility index (Phi) is 3.02. The van der Waals surface area contributed by atoms with Crippen molar-refractivity contribution in [1.29, 1.82) is 0 Å². The lowest BCUT2D eigenvalue weighted by atomic mass is 9.96. The van der Waals surface area contributed by atoms with Crippen LogP contribution in [0, 0.1) is 11.8 Å². The number of fused-ring (bicyclic) bond motifs is 2. The highest BCUT2D eigenvalue weighted by atomic mass is 32.1. The van der Waals surface area contributed by atoms with Crippen LogP contribution in [0.25, 0.3) is 0 Å². The van der Waals surface area contributed by atoms with Crippen molar-refractivity contribution < 1.29 is 0 Å². The lowest BCUT2D eigenvalue weighted by Gasteiger charge is -2.24. The molecule has 1 aromatic rings. The van der Waals surface area contributed by atoms with Gasteiger partial charge in [-0.1, -0.05) is 24.6 Å². The van der Waals surface area contributed by atoms with Crippen molar-refractivity contribution in [3.63, 3.8) is 0 Å². The van der Waals surface area contributed by atoms with Crippen LogP contribution in [0.2, 0.25) is 0 Å². The van der Waals surface area contributed by atoms with E-state index in [0.29, 0.717) is 6.04 Å². The first kappa shape index (κ1) is 11.0. The molecule has 17 heavy (non-hydrogen) atoms. The van der Waals surface area contributed by atoms with Gasteiger partial charge in [-0.25, -0.2) is 0 Å². The van der Waals surface area contributed by atoms with Gasteiger partial charge in [0.15, 0.2) is 5.11 Å². The van der Waals surface area contributed by atoms with Crippen LogP contribution in [-0.4, -0.2) is 11.2 Å². The van der Waals surface area contributed by atoms with Crippen LogP contribution < -0.4 is 10.6 Å². The Balaban J connectivity index is 1.54. The Morgan fingerprint density at radius 1 is 1.12 bits per heavy atom. The molecule has 2 aliphatic rings. The van der Waals surface area contributed by atoms with E-state index in [0.717, 1.165) is 22.6 Å². The van der Waals surface area contributed by atoms with Crippen molar-refractivity contribution in [3.8, 4) is 0 Å². The van der Waals surface area contributed by atoms with Gasteiger partial charge in [0.25, 0.3) is 0 Å². The number of para-hydroxylation sites is 1. The molecule has 3 heteroatoms. The van der Waals surface area contributed by atoms with Crippen molar-refractivity contribution in [2.75, 3.05) is 5.32 Å². The van der Waals surface area contributed by atoms with Gasteiger partial charge in [0.1, 0.15) is 0 Å². The van der Waals surface area contributed by atoms with Crippen LogP contribution in [-0.2, 0) is 0 Å². The minimum atomic E-state index is 0.609. The van der Waals surface area contributed by atoms with Gasteiger partial charge >= 0.3 is 0 Å². The van der Waals surface area contributed by atoms with Crippen LogP contribution in [0.4, 0.5) is 5.69 Å². The number of thiocarbonyl (C=S) groups is 1. The minimum absolute atomic E-state index is 0.609. The topological polar surface area (TPSA) is 24.1 Å². The van der Waals surface area contributed by atoms with Crippen LogP contribution in [0.15, 0.2) is 30.3 Å². The average Bonchev–Trinajstić information content (AvgIpc) is 2.92. The Labute approximate surface area is 108 Å². The summed E-state index contributed by atoms with van der Waals surface area (Å²) in [5.41, 5.74) is 1.06. The molecule has 0 amide bonds. The lowest BCUT2D eigenvalue weighted by Crippen LogP contribution is -2.40. The highest BCUT2D eigenvalue weighted by molar-refractivity contribution is 7.80. The molecular weight excluding hydrogens is 228 g/mol. The summed E-state index contributed by atoms with van der Waals surface area (Å²) in [4.78, 5) is 0. The molecule has 3 rings (SSSR count). The second-order valence-corrected chi connectivity index (χ2v) is 5.65. The monoisotopic (exact) mass is 246 g/mol. The molecule has 0 spiro atoms. The summed E-state index contributed by atoms with van der Waals surface area (Å²) in [6.07, 6.45) is 5.53. The summed E-state index contributed by atoms with van der Waals surface area (Å²) < 4.78 is 0. The molecule has 0 unspecified atom stereocenters. The van der Waals surface area contributed by atoms with Crippen molar-refractivity contribution in [3.05, 3.63) is 30.3 Å². The fourth-order valence-electron chi connectivity index (χ4n) is 3.28. The number of benzene rings is 1. The third-order valence-corrected chi connectivity index (χ3v) is 4.31. The normalized spacial score (nSPS) is 30.2. The van der Waals surface area contributed by atoms with Crippen molar-refractivity contribution >= 4 is 23.0 Å². The standard InChI is InChI=1S/C14H18N2S/c17-14(15-12-4-2-1-3-5-12)16-13-9-10-6-7-11(13)8-10/h1-5,10-11,13H,6-9H2,(H2,15,16,17)/t10-,11-,13-/m1/s1. The van der Waals surface area contributed by atoms with E-state index < -0.39 is 0 Å². The molecule has 2 fully saturated rings. The van der Waals surface area contributed by atoms with E-state index in [2.05, 4.69) is 10.6 Å². The van der Waals surface area contributed by atoms with Gasteiger partial charge in [-0.05, 0) is 55.4 Å². The maximum atomic E-state index is 5.37. The van der Waals surface area contributed by atoms with E-state index in [1.807, 2.05) is 30.3 Å². The zero-order valence-electron chi connectivity index (χ0n) is 9.86. The predicted octanol–water partition coefficient (Wildman–Crippen LogP) is 3.16. The van der Waals surface area contributed by atoms with Crippen molar-refractivity contribution in [2.24, 2.45) is 11.8 Å². The predicted molar refractivity (Wildman–Crippen MR) is 75.0 cm³/mol. The smallest absolute Gasteiger partial charge is 0.171 e. The SMILES string of the molecule is S=C(Nc1ccccc1)N[C@@H]1C[C@@H]2CC[C@@H]1C2. The molecule has 1 aromatic carbocycles. The zero-order valence-corrected chi connectivity index (χ0v) is 10.7. The number of rotatable bonds is 2. The van der Waals surface area contributed by atoms with Crippen molar-refractivity contribution in [1.82, 2.24) is 5.32 Å². The summed E-state index contributed by atoms with van der Waals surface area (Å²) in [6, 6.07) is 10.7. The first-order valence-corrected chi connectivity index (χ1v) is 6.84. The molecule has 3 atom stereocenters. The molecule has 2 aliphatic carbocycles. The van der Waals surface area contributed by atoms with Gasteiger partial charge in [0.2, 0.25) is 0 Å². The molecule has 90 valence electrons. The van der Waals surface area contributed by atoms with Crippen LogP contribution in [0.1, 0.15) is 25.7 Å². The van der Waals surface area contributed by atoms with E-state index in [-0.39, 0.29) is 0 Å². The second-order valence-electron chi connectivity index (χ2n) is 5.25. The highest BCUT2D eigenvalue weighted by Crippen LogP contribution is 2.44. The number of hydrogen-bond donors (Lipinski definition) is 2. The molecule has 0 aliphatic heterocycles. The van der Waals surface area contributed by atoms with Gasteiger partial charge in [-0.3, -0.25) is 0 Å². The molecule has 2 N–H and O–H groups in total. The van der Waals surface area contributed by atoms with Gasteiger partial charge in [-0.2, -0.15) is 0 Å². The Morgan fingerprint density at radius 3 is 2.59 bits per heavy atom. The third-order valence-electron chi connectivity index (χ3n) is 4.09. The Bertz CT molecular complexity index is 404. The van der Waals surface area contributed by atoms with E-state index in [9.17, 15) is 0 Å². The Morgan fingerprint density at radius 2 is 1.94 bits per heavy atom. The fourth-order valence-corrected chi connectivity index (χ4v) is 3.55. The Hall–Kier alpha value is -1.09. The quantitative estimate of drug-likeness (QED) is 0.784. The second kappa shape index (κ2) is 4.65. The van der Waals surface area contributed by atoms with Gasteiger partial charge in [-0.15, -0.1) is 0 Å². The summed E-state index contributed by atoms with van der Waals surface area (Å²) in [7, 11) is 0. The van der Waals surface area contributed by atoms with E-state index >= 15 is 0 Å². The fraction of sp³-hybridized carbons (Fsp3) is 0.500. The van der Waals surface area contributed by atoms with Gasteiger partial charge in [0, 0.05) is 11.7 Å². The number of nitrogens with one attached hydrogen (secondary N) is 2. The average molecular weight is 246 g/mol. The van der Waals surface area contributed by atoms with E-state index in [4.69, 9.17) is 12.2 Å². The first-order valence-electron chi connectivity index (χ1n) is 6.44. The lowest BCUT2D eigenvalue weighted by molar-refractivity contribution is 0.392. The molecular formula is C14H18N2S. The molecule has 0 radical (unpaired) electrons. The summed E-state index contributed by atoms with van der Waals surface area (Å²) >= 11 is 5.37. The largest absolute Gasteiger partial charge is 0.359 e. The molecule has 0 heterocycles. The summed E-state index contributed by atoms with van der Waals surface area (Å²) in [5.74, 6) is 1.81. The molecule has 0 saturated heterocycles. The van der Waals surface area contributed by atoms with Crippen LogP contribution >= 0.6 is 12.2 Å². The molecule has 2 saturated carbocycles. The maximum absolute atomic E-state index is 5.37. The first-order chi connectivity index (χ1) is 8.31. The minimum Gasteiger partial charge on any atom is -0.359 e. The molecule has 0 aromatic heterocycles. The highest BCUT2D eigenvalue weighted by Gasteiger charge is 2.39. The van der Waals surface area contributed by atoms with Crippen LogP contribution in [0.5, 0.6) is 0 Å². The third kappa shape index (κ3) is 2.44. The molecule has 2 nitrogen and oxygen atoms in total. The summed E-state index contributed by atoms with van der Waals surface area (Å²) in [6.45, 7) is 0.